The van der Waals surface area contributed by atoms with Gasteiger partial charge in [-0.1, -0.05) is 222 Å². The molecule has 2 aliphatic heterocycles. The summed E-state index contributed by atoms with van der Waals surface area (Å²) < 4.78 is 34.5. The fourth-order valence-corrected chi connectivity index (χ4v) is 9.92. The molecule has 460 valence electrons. The van der Waals surface area contributed by atoms with E-state index in [1.807, 2.05) is 0 Å². The average Bonchev–Trinajstić information content (AvgIpc) is 3.46. The Kier molecular flexibility index (Phi) is 47.3. The maximum absolute atomic E-state index is 13.1. The third kappa shape index (κ3) is 37.5. The van der Waals surface area contributed by atoms with Crippen molar-refractivity contribution in [3.8, 4) is 0 Å². The number of allylic oxidation sites excluding steroid dienone is 10. The molecule has 2 fully saturated rings. The molecular weight excluding hydrogens is 1000 g/mol. The van der Waals surface area contributed by atoms with E-state index in [2.05, 4.69) is 74.6 Å². The molecule has 11 unspecified atom stereocenters. The number of esters is 1. The van der Waals surface area contributed by atoms with Gasteiger partial charge in [0.05, 0.1) is 26.4 Å². The third-order valence-electron chi connectivity index (χ3n) is 15.0. The molecule has 0 aliphatic carbocycles. The molecule has 7 N–H and O–H groups in total. The van der Waals surface area contributed by atoms with Gasteiger partial charge in [0.15, 0.2) is 12.6 Å². The molecule has 0 amide bonds. The van der Waals surface area contributed by atoms with E-state index in [0.717, 1.165) is 83.5 Å². The second-order valence-electron chi connectivity index (χ2n) is 22.2. The SMILES string of the molecule is CC/C=C\C/C=C\C/C=C\C/C=C\CCCCCCCCC(=O)OC(COCCCCCCCCCCCCCCCC/C=C\CCCCCCCCCC)COC1OC(COC2OC(CO)C(O)C(O)C2O)C(O)C(O)C1O. The van der Waals surface area contributed by atoms with E-state index in [0.29, 0.717) is 13.0 Å². The first-order valence-electron chi connectivity index (χ1n) is 31.9. The van der Waals surface area contributed by atoms with Gasteiger partial charge in [0.2, 0.25) is 0 Å². The van der Waals surface area contributed by atoms with Crippen LogP contribution in [-0.2, 0) is 33.2 Å². The number of hydrogen-bond donors (Lipinski definition) is 7. The monoisotopic (exact) mass is 1120 g/mol. The smallest absolute Gasteiger partial charge is 0.306 e. The van der Waals surface area contributed by atoms with Gasteiger partial charge in [0.1, 0.15) is 54.9 Å². The Morgan fingerprint density at radius 2 is 0.823 bits per heavy atom. The van der Waals surface area contributed by atoms with E-state index < -0.39 is 80.7 Å². The minimum absolute atomic E-state index is 0.0550. The van der Waals surface area contributed by atoms with E-state index in [1.54, 1.807) is 0 Å². The molecule has 0 spiro atoms. The van der Waals surface area contributed by atoms with Gasteiger partial charge >= 0.3 is 5.97 Å². The summed E-state index contributed by atoms with van der Waals surface area (Å²) in [6.45, 7) is 3.59. The van der Waals surface area contributed by atoms with Gasteiger partial charge in [-0.2, -0.15) is 0 Å². The fourth-order valence-electron chi connectivity index (χ4n) is 9.92. The van der Waals surface area contributed by atoms with E-state index in [4.69, 9.17) is 28.4 Å². The maximum Gasteiger partial charge on any atom is 0.306 e. The van der Waals surface area contributed by atoms with Crippen molar-refractivity contribution >= 4 is 5.97 Å². The first-order chi connectivity index (χ1) is 38.6. The highest BCUT2D eigenvalue weighted by atomic mass is 16.7. The van der Waals surface area contributed by atoms with Gasteiger partial charge in [-0.3, -0.25) is 4.79 Å². The molecule has 0 bridgehead atoms. The molecule has 0 radical (unpaired) electrons. The highest BCUT2D eigenvalue weighted by Gasteiger charge is 2.47. The van der Waals surface area contributed by atoms with Gasteiger partial charge in [0.25, 0.3) is 0 Å². The second kappa shape index (κ2) is 51.3. The summed E-state index contributed by atoms with van der Waals surface area (Å²) in [5, 5.41) is 72.5. The van der Waals surface area contributed by atoms with Crippen molar-refractivity contribution in [2.24, 2.45) is 0 Å². The molecule has 2 heterocycles. The average molecular weight is 1120 g/mol. The highest BCUT2D eigenvalue weighted by Crippen LogP contribution is 2.27. The van der Waals surface area contributed by atoms with Gasteiger partial charge < -0.3 is 64.2 Å². The zero-order chi connectivity index (χ0) is 57.2. The molecule has 11 atom stereocenters. The van der Waals surface area contributed by atoms with Crippen LogP contribution in [0.3, 0.4) is 0 Å². The van der Waals surface area contributed by atoms with E-state index >= 15 is 0 Å². The van der Waals surface area contributed by atoms with Crippen LogP contribution in [-0.4, -0.2) is 142 Å². The molecule has 0 aromatic heterocycles. The number of aliphatic hydroxyl groups excluding tert-OH is 7. The number of carbonyl (C=O) groups excluding carboxylic acids is 1. The van der Waals surface area contributed by atoms with Gasteiger partial charge in [-0.25, -0.2) is 0 Å². The van der Waals surface area contributed by atoms with Crippen molar-refractivity contribution in [3.05, 3.63) is 60.8 Å². The topological polar surface area (TPSA) is 214 Å². The number of hydrogen-bond acceptors (Lipinski definition) is 14. The lowest BCUT2D eigenvalue weighted by atomic mass is 9.98. The summed E-state index contributed by atoms with van der Waals surface area (Å²) in [4.78, 5) is 13.1. The predicted octanol–water partition coefficient (Wildman–Crippen LogP) is 12.4. The summed E-state index contributed by atoms with van der Waals surface area (Å²) in [5.41, 5.74) is 0. The molecule has 0 saturated carbocycles. The number of aliphatic hydroxyl groups is 7. The molecule has 79 heavy (non-hydrogen) atoms. The van der Waals surface area contributed by atoms with Crippen LogP contribution in [0.2, 0.25) is 0 Å². The minimum Gasteiger partial charge on any atom is -0.457 e. The fraction of sp³-hybridized carbons (Fsp3) is 0.831. The van der Waals surface area contributed by atoms with Crippen LogP contribution in [0.4, 0.5) is 0 Å². The van der Waals surface area contributed by atoms with Crippen LogP contribution in [0.5, 0.6) is 0 Å². The standard InChI is InChI=1S/C65H116O14/c1-3-5-7-9-11-13-15-17-19-21-23-24-25-26-27-28-29-31-33-35-37-39-41-43-45-47-49-74-51-54(77-57(67)48-46-44-42-40-38-36-34-32-30-22-20-18-16-14-12-10-8-6-4-2)52-75-64-63(73)61(71)59(69)56(79-64)53-76-65-62(72)60(70)58(68)55(50-66)78-65/h6,8,12,14,18,20-21,23,30,32,54-56,58-66,68-73H,3-5,7,9-11,13,15-17,19,22,24-29,31,33-53H2,1-2H3/b8-6-,14-12-,20-18-,23-21-,32-30-. The lowest BCUT2D eigenvalue weighted by molar-refractivity contribution is -0.332. The van der Waals surface area contributed by atoms with E-state index in [-0.39, 0.29) is 25.6 Å². The Morgan fingerprint density at radius 1 is 0.430 bits per heavy atom. The Bertz CT molecular complexity index is 1540. The summed E-state index contributed by atoms with van der Waals surface area (Å²) >= 11 is 0. The third-order valence-corrected chi connectivity index (χ3v) is 15.0. The van der Waals surface area contributed by atoms with Gasteiger partial charge in [0, 0.05) is 13.0 Å². The minimum atomic E-state index is -1.71. The Balaban J connectivity index is 1.67. The Labute approximate surface area is 479 Å². The van der Waals surface area contributed by atoms with Crippen LogP contribution in [0.1, 0.15) is 245 Å². The summed E-state index contributed by atoms with van der Waals surface area (Å²) in [7, 11) is 0. The van der Waals surface area contributed by atoms with Crippen LogP contribution in [0.15, 0.2) is 60.8 Å². The van der Waals surface area contributed by atoms with E-state index in [9.17, 15) is 40.5 Å². The number of ether oxygens (including phenoxy) is 6. The van der Waals surface area contributed by atoms with Crippen molar-refractivity contribution in [2.45, 2.75) is 313 Å². The van der Waals surface area contributed by atoms with Crippen LogP contribution >= 0.6 is 0 Å². The van der Waals surface area contributed by atoms with E-state index in [1.165, 1.54) is 135 Å². The predicted molar refractivity (Wildman–Crippen MR) is 316 cm³/mol. The summed E-state index contributed by atoms with van der Waals surface area (Å²) in [6.07, 6.45) is 48.6. The molecule has 14 heteroatoms. The quantitative estimate of drug-likeness (QED) is 0.0172. The van der Waals surface area contributed by atoms with Crippen molar-refractivity contribution in [3.63, 3.8) is 0 Å². The second-order valence-corrected chi connectivity index (χ2v) is 22.2. The highest BCUT2D eigenvalue weighted by molar-refractivity contribution is 5.69. The van der Waals surface area contributed by atoms with Crippen LogP contribution in [0.25, 0.3) is 0 Å². The Morgan fingerprint density at radius 3 is 1.30 bits per heavy atom. The van der Waals surface area contributed by atoms with Crippen molar-refractivity contribution in [2.75, 3.05) is 33.0 Å². The van der Waals surface area contributed by atoms with Gasteiger partial charge in [-0.05, 0) is 77.0 Å². The lowest BCUT2D eigenvalue weighted by Gasteiger charge is -2.42. The zero-order valence-corrected chi connectivity index (χ0v) is 49.6. The molecule has 2 saturated heterocycles. The lowest BCUT2D eigenvalue weighted by Crippen LogP contribution is -2.61. The number of carbonyl (C=O) groups is 1. The molecular formula is C65H116O14. The normalized spacial score (nSPS) is 24.4. The largest absolute Gasteiger partial charge is 0.457 e. The first kappa shape index (κ1) is 72.8. The molecule has 0 aromatic carbocycles. The van der Waals surface area contributed by atoms with Crippen LogP contribution in [0, 0.1) is 0 Å². The van der Waals surface area contributed by atoms with Gasteiger partial charge in [-0.15, -0.1) is 0 Å². The molecule has 14 nitrogen and oxygen atoms in total. The molecule has 2 rings (SSSR count). The molecule has 2 aliphatic rings. The maximum atomic E-state index is 13.1. The van der Waals surface area contributed by atoms with Crippen molar-refractivity contribution in [1.29, 1.82) is 0 Å². The summed E-state index contributed by atoms with van der Waals surface area (Å²) in [6, 6.07) is 0. The zero-order valence-electron chi connectivity index (χ0n) is 49.6. The Hall–Kier alpha value is -2.31. The molecule has 0 aromatic rings. The number of unbranched alkanes of at least 4 members (excludes halogenated alkanes) is 28. The first-order valence-corrected chi connectivity index (χ1v) is 31.9. The number of rotatable bonds is 52. The van der Waals surface area contributed by atoms with Crippen molar-refractivity contribution < 1.29 is 69.0 Å². The van der Waals surface area contributed by atoms with Crippen molar-refractivity contribution in [1.82, 2.24) is 0 Å². The van der Waals surface area contributed by atoms with Crippen LogP contribution < -0.4 is 0 Å². The summed E-state index contributed by atoms with van der Waals surface area (Å²) in [5.74, 6) is -0.388.